The van der Waals surface area contributed by atoms with Crippen molar-refractivity contribution in [2.24, 2.45) is 0 Å². The third-order valence-electron chi connectivity index (χ3n) is 2.36. The minimum absolute atomic E-state index is 0.115. The van der Waals surface area contributed by atoms with E-state index in [-0.39, 0.29) is 5.91 Å². The fourth-order valence-corrected chi connectivity index (χ4v) is 1.41. The van der Waals surface area contributed by atoms with Gasteiger partial charge in [-0.1, -0.05) is 5.21 Å². The highest BCUT2D eigenvalue weighted by molar-refractivity contribution is 5.88. The van der Waals surface area contributed by atoms with Crippen LogP contribution in [0.25, 0.3) is 11.0 Å². The molecule has 4 heteroatoms. The summed E-state index contributed by atoms with van der Waals surface area (Å²) in [5, 5.41) is 7.73. The third-order valence-corrected chi connectivity index (χ3v) is 2.36. The largest absolute Gasteiger partial charge is 0.273 e. The lowest BCUT2D eigenvalue weighted by Crippen LogP contribution is -2.07. The van der Waals surface area contributed by atoms with Crippen molar-refractivity contribution in [1.82, 2.24) is 15.0 Å². The molecule has 0 spiro atoms. The van der Waals surface area contributed by atoms with Gasteiger partial charge in [0.2, 0.25) is 5.91 Å². The van der Waals surface area contributed by atoms with Crippen LogP contribution in [0.3, 0.4) is 0 Å². The zero-order valence-electron chi connectivity index (χ0n) is 8.40. The SMILES string of the molecule is CC(=O)n1nnc2cc(C)c(C)cc21. The van der Waals surface area contributed by atoms with Crippen LogP contribution >= 0.6 is 0 Å². The van der Waals surface area contributed by atoms with Crippen LogP contribution in [0, 0.1) is 13.8 Å². The first-order valence-electron chi connectivity index (χ1n) is 4.43. The minimum Gasteiger partial charge on any atom is -0.273 e. The molecule has 1 heterocycles. The van der Waals surface area contributed by atoms with E-state index in [1.54, 1.807) is 0 Å². The zero-order chi connectivity index (χ0) is 10.3. The first-order chi connectivity index (χ1) is 6.59. The molecule has 0 atom stereocenters. The number of hydrogen-bond donors (Lipinski definition) is 0. The Kier molecular flexibility index (Phi) is 1.84. The smallest absolute Gasteiger partial charge is 0.245 e. The number of carbonyl (C=O) groups is 1. The summed E-state index contributed by atoms with van der Waals surface area (Å²) in [4.78, 5) is 11.2. The molecule has 0 bridgehead atoms. The molecule has 2 rings (SSSR count). The number of fused-ring (bicyclic) bond motifs is 1. The molecule has 0 N–H and O–H groups in total. The summed E-state index contributed by atoms with van der Waals surface area (Å²) >= 11 is 0. The summed E-state index contributed by atoms with van der Waals surface area (Å²) < 4.78 is 1.32. The monoisotopic (exact) mass is 189 g/mol. The summed E-state index contributed by atoms with van der Waals surface area (Å²) in [6.07, 6.45) is 0. The van der Waals surface area contributed by atoms with E-state index >= 15 is 0 Å². The molecule has 0 saturated carbocycles. The molecule has 0 fully saturated rings. The Labute approximate surface area is 81.5 Å². The molecule has 1 aromatic heterocycles. The van der Waals surface area contributed by atoms with Crippen LogP contribution in [-0.2, 0) is 0 Å². The van der Waals surface area contributed by atoms with Crippen molar-refractivity contribution in [3.8, 4) is 0 Å². The van der Waals surface area contributed by atoms with Crippen molar-refractivity contribution in [2.75, 3.05) is 0 Å². The van der Waals surface area contributed by atoms with Gasteiger partial charge in [-0.25, -0.2) is 0 Å². The van der Waals surface area contributed by atoms with E-state index in [1.807, 2.05) is 26.0 Å². The Hall–Kier alpha value is -1.71. The van der Waals surface area contributed by atoms with Crippen LogP contribution in [0.5, 0.6) is 0 Å². The summed E-state index contributed by atoms with van der Waals surface area (Å²) in [6, 6.07) is 3.88. The number of rotatable bonds is 0. The molecule has 0 radical (unpaired) electrons. The van der Waals surface area contributed by atoms with Crippen LogP contribution in [-0.4, -0.2) is 20.9 Å². The Bertz CT molecular complexity index is 513. The van der Waals surface area contributed by atoms with E-state index in [2.05, 4.69) is 10.3 Å². The maximum Gasteiger partial charge on any atom is 0.245 e. The molecular formula is C10H11N3O. The third kappa shape index (κ3) is 1.19. The quantitative estimate of drug-likeness (QED) is 0.633. The van der Waals surface area contributed by atoms with Gasteiger partial charge < -0.3 is 0 Å². The minimum atomic E-state index is -0.115. The Morgan fingerprint density at radius 1 is 1.29 bits per heavy atom. The summed E-state index contributed by atoms with van der Waals surface area (Å²) in [7, 11) is 0. The highest BCUT2D eigenvalue weighted by atomic mass is 16.2. The predicted molar refractivity (Wildman–Crippen MR) is 53.3 cm³/mol. The normalized spacial score (nSPS) is 10.8. The predicted octanol–water partition coefficient (Wildman–Crippen LogP) is 1.71. The molecule has 0 amide bonds. The van der Waals surface area contributed by atoms with Gasteiger partial charge in [0.1, 0.15) is 5.52 Å². The van der Waals surface area contributed by atoms with Gasteiger partial charge in [0.25, 0.3) is 0 Å². The van der Waals surface area contributed by atoms with Crippen molar-refractivity contribution in [2.45, 2.75) is 20.8 Å². The average Bonchev–Trinajstić information content (AvgIpc) is 2.48. The number of hydrogen-bond acceptors (Lipinski definition) is 3. The van der Waals surface area contributed by atoms with Gasteiger partial charge in [-0.3, -0.25) is 4.79 Å². The van der Waals surface area contributed by atoms with Crippen LogP contribution in [0.2, 0.25) is 0 Å². The number of aryl methyl sites for hydroxylation is 2. The second kappa shape index (κ2) is 2.90. The van der Waals surface area contributed by atoms with E-state index in [9.17, 15) is 4.79 Å². The second-order valence-electron chi connectivity index (χ2n) is 3.45. The summed E-state index contributed by atoms with van der Waals surface area (Å²) in [5.74, 6) is -0.115. The highest BCUT2D eigenvalue weighted by Crippen LogP contribution is 2.16. The lowest BCUT2D eigenvalue weighted by atomic mass is 10.1. The van der Waals surface area contributed by atoms with Crippen LogP contribution in [0.4, 0.5) is 0 Å². The average molecular weight is 189 g/mol. The Balaban J connectivity index is 2.80. The van der Waals surface area contributed by atoms with Gasteiger partial charge in [-0.2, -0.15) is 4.68 Å². The van der Waals surface area contributed by atoms with E-state index < -0.39 is 0 Å². The van der Waals surface area contributed by atoms with Crippen molar-refractivity contribution < 1.29 is 4.79 Å². The van der Waals surface area contributed by atoms with Crippen molar-refractivity contribution >= 4 is 16.9 Å². The van der Waals surface area contributed by atoms with Crippen molar-refractivity contribution in [3.05, 3.63) is 23.3 Å². The molecular weight excluding hydrogens is 178 g/mol. The van der Waals surface area contributed by atoms with Crippen molar-refractivity contribution in [1.29, 1.82) is 0 Å². The molecule has 14 heavy (non-hydrogen) atoms. The van der Waals surface area contributed by atoms with E-state index in [4.69, 9.17) is 0 Å². The van der Waals surface area contributed by atoms with E-state index in [0.29, 0.717) is 0 Å². The topological polar surface area (TPSA) is 47.8 Å². The maximum absolute atomic E-state index is 11.2. The number of nitrogens with zero attached hydrogens (tertiary/aromatic N) is 3. The zero-order valence-corrected chi connectivity index (χ0v) is 8.40. The number of aromatic nitrogens is 3. The molecule has 72 valence electrons. The van der Waals surface area contributed by atoms with E-state index in [0.717, 1.165) is 22.2 Å². The van der Waals surface area contributed by atoms with Gasteiger partial charge in [0.05, 0.1) is 5.52 Å². The van der Waals surface area contributed by atoms with Crippen LogP contribution < -0.4 is 0 Å². The Morgan fingerprint density at radius 2 is 1.93 bits per heavy atom. The lowest BCUT2D eigenvalue weighted by molar-refractivity contribution is 0.0924. The Morgan fingerprint density at radius 3 is 2.57 bits per heavy atom. The molecule has 0 aliphatic heterocycles. The maximum atomic E-state index is 11.2. The van der Waals surface area contributed by atoms with Crippen LogP contribution in [0.1, 0.15) is 22.8 Å². The van der Waals surface area contributed by atoms with Crippen molar-refractivity contribution in [3.63, 3.8) is 0 Å². The molecule has 4 nitrogen and oxygen atoms in total. The number of carbonyl (C=O) groups excluding carboxylic acids is 1. The summed E-state index contributed by atoms with van der Waals surface area (Å²) in [5.41, 5.74) is 3.85. The molecule has 0 aliphatic rings. The fourth-order valence-electron chi connectivity index (χ4n) is 1.41. The highest BCUT2D eigenvalue weighted by Gasteiger charge is 2.08. The van der Waals surface area contributed by atoms with Gasteiger partial charge in [0.15, 0.2) is 0 Å². The molecule has 0 saturated heterocycles. The lowest BCUT2D eigenvalue weighted by Gasteiger charge is -1.99. The number of benzene rings is 1. The first-order valence-corrected chi connectivity index (χ1v) is 4.43. The second-order valence-corrected chi connectivity index (χ2v) is 3.45. The van der Waals surface area contributed by atoms with Gasteiger partial charge in [-0.15, -0.1) is 5.10 Å². The first kappa shape index (κ1) is 8.87. The fraction of sp³-hybridized carbons (Fsp3) is 0.300. The van der Waals surface area contributed by atoms with Gasteiger partial charge in [-0.05, 0) is 37.1 Å². The van der Waals surface area contributed by atoms with E-state index in [1.165, 1.54) is 11.6 Å². The molecule has 1 aromatic carbocycles. The summed E-state index contributed by atoms with van der Waals surface area (Å²) in [6.45, 7) is 5.50. The standard InChI is InChI=1S/C10H11N3O/c1-6-4-9-10(5-7(6)2)13(8(3)14)12-11-9/h4-5H,1-3H3. The van der Waals surface area contributed by atoms with Gasteiger partial charge in [0, 0.05) is 6.92 Å². The molecule has 0 aliphatic carbocycles. The van der Waals surface area contributed by atoms with Gasteiger partial charge >= 0.3 is 0 Å². The molecule has 2 aromatic rings. The van der Waals surface area contributed by atoms with Crippen LogP contribution in [0.15, 0.2) is 12.1 Å². The molecule has 0 unspecified atom stereocenters.